The average molecular weight is 660 g/mol. The van der Waals surface area contributed by atoms with Crippen LogP contribution in [-0.2, 0) is 0 Å². The summed E-state index contributed by atoms with van der Waals surface area (Å²) in [5, 5.41) is 9.04. The van der Waals surface area contributed by atoms with Crippen LogP contribution in [0.5, 0.6) is 0 Å². The Labute approximate surface area is 277 Å². The second-order valence-corrected chi connectivity index (χ2v) is 12.1. The molecule has 8 nitrogen and oxygen atoms in total. The number of allylic oxidation sites excluding steroid dienone is 3. The number of likely N-dealkylation sites (N-methyl/N-ethyl adjacent to an activating group) is 1. The number of pyridine rings is 1. The molecule has 1 aromatic carbocycles. The zero-order valence-corrected chi connectivity index (χ0v) is 26.7. The standard InChI is InChI=1S/C36H37F4N7O/c1-3-45-16-18-46(19-17-45)23-27-10-12-28(21-30(27)36(38,39)40)43-35(48)26-9-8-24(2)25(20-26)11-13-29-22-42-34-32(7-5-15-47(29)34)44-33-31(37)6-4-14-41-33/h4-10,12,14-15,20,22,28,34,42H,3,16-19,21,23H2,1-2H3,(H,41,44)(H,43,48). The highest BCUT2D eigenvalue weighted by Gasteiger charge is 2.39. The number of nitrogens with zero attached hydrogens (tertiary/aromatic N) is 4. The van der Waals surface area contributed by atoms with E-state index in [0.717, 1.165) is 38.3 Å². The predicted molar refractivity (Wildman–Crippen MR) is 177 cm³/mol. The van der Waals surface area contributed by atoms with Crippen molar-refractivity contribution in [2.75, 3.05) is 44.6 Å². The number of hydrogen-bond acceptors (Lipinski definition) is 7. The molecule has 0 radical (unpaired) electrons. The lowest BCUT2D eigenvalue weighted by molar-refractivity contribution is -0.0956. The van der Waals surface area contributed by atoms with Gasteiger partial charge in [0.1, 0.15) is 11.9 Å². The van der Waals surface area contributed by atoms with Gasteiger partial charge in [-0.05, 0) is 66.9 Å². The Morgan fingerprint density at radius 1 is 1.12 bits per heavy atom. The largest absolute Gasteiger partial charge is 0.413 e. The van der Waals surface area contributed by atoms with E-state index in [-0.39, 0.29) is 30.5 Å². The Bertz CT molecular complexity index is 1770. The molecule has 0 bridgehead atoms. The molecule has 250 valence electrons. The normalized spacial score (nSPS) is 21.2. The summed E-state index contributed by atoms with van der Waals surface area (Å²) in [6.07, 6.45) is 6.76. The minimum absolute atomic E-state index is 0.113. The van der Waals surface area contributed by atoms with Crippen molar-refractivity contribution in [1.82, 2.24) is 30.3 Å². The third kappa shape index (κ3) is 7.48. The summed E-state index contributed by atoms with van der Waals surface area (Å²) in [5.41, 5.74) is 2.75. The molecular formula is C36H37F4N7O. The first-order valence-corrected chi connectivity index (χ1v) is 15.9. The van der Waals surface area contributed by atoms with Crippen LogP contribution in [0.15, 0.2) is 95.8 Å². The van der Waals surface area contributed by atoms with Gasteiger partial charge in [0.15, 0.2) is 11.6 Å². The smallest absolute Gasteiger partial charge is 0.364 e. The molecule has 4 heterocycles. The summed E-state index contributed by atoms with van der Waals surface area (Å²) in [4.78, 5) is 23.6. The van der Waals surface area contributed by atoms with Gasteiger partial charge in [0.05, 0.1) is 11.7 Å². The molecular weight excluding hydrogens is 622 g/mol. The Morgan fingerprint density at radius 3 is 2.67 bits per heavy atom. The minimum Gasteiger partial charge on any atom is -0.364 e. The summed E-state index contributed by atoms with van der Waals surface area (Å²) in [6.45, 7) is 8.25. The number of piperazine rings is 1. The Balaban J connectivity index is 1.10. The zero-order chi connectivity index (χ0) is 33.8. The first kappa shape index (κ1) is 33.1. The van der Waals surface area contributed by atoms with Gasteiger partial charge in [0.2, 0.25) is 0 Å². The third-order valence-electron chi connectivity index (χ3n) is 8.90. The zero-order valence-electron chi connectivity index (χ0n) is 26.7. The lowest BCUT2D eigenvalue weighted by Crippen LogP contribution is -2.47. The molecule has 2 atom stereocenters. The number of alkyl halides is 3. The number of fused-ring (bicyclic) bond motifs is 1. The van der Waals surface area contributed by atoms with Crippen LogP contribution in [-0.4, -0.2) is 83.2 Å². The second kappa shape index (κ2) is 14.1. The van der Waals surface area contributed by atoms with Crippen molar-refractivity contribution in [3.05, 3.63) is 118 Å². The molecule has 1 fully saturated rings. The van der Waals surface area contributed by atoms with Gasteiger partial charge >= 0.3 is 6.18 Å². The molecule has 1 aromatic heterocycles. The minimum atomic E-state index is -4.49. The molecule has 1 aliphatic carbocycles. The number of aryl methyl sites for hydroxylation is 1. The van der Waals surface area contributed by atoms with E-state index in [1.165, 1.54) is 24.4 Å². The second-order valence-electron chi connectivity index (χ2n) is 12.1. The molecule has 1 saturated heterocycles. The van der Waals surface area contributed by atoms with Crippen LogP contribution in [0.3, 0.4) is 0 Å². The van der Waals surface area contributed by atoms with Crippen molar-refractivity contribution in [2.45, 2.75) is 38.7 Å². The highest BCUT2D eigenvalue weighted by atomic mass is 19.4. The summed E-state index contributed by atoms with van der Waals surface area (Å²) in [5.74, 6) is 5.45. The molecule has 3 aliphatic heterocycles. The van der Waals surface area contributed by atoms with Gasteiger partial charge in [0, 0.05) is 74.4 Å². The number of amides is 1. The molecule has 3 N–H and O–H groups in total. The van der Waals surface area contributed by atoms with Crippen LogP contribution >= 0.6 is 0 Å². The molecule has 12 heteroatoms. The van der Waals surface area contributed by atoms with Crippen LogP contribution in [0.2, 0.25) is 0 Å². The van der Waals surface area contributed by atoms with Crippen LogP contribution in [0.25, 0.3) is 0 Å². The van der Waals surface area contributed by atoms with Crippen molar-refractivity contribution in [3.63, 3.8) is 0 Å². The Morgan fingerprint density at radius 2 is 1.92 bits per heavy atom. The van der Waals surface area contributed by atoms with Gasteiger partial charge in [-0.2, -0.15) is 13.2 Å². The van der Waals surface area contributed by atoms with E-state index in [9.17, 15) is 22.4 Å². The lowest BCUT2D eigenvalue weighted by atomic mass is 9.92. The number of carbonyl (C=O) groups is 1. The van der Waals surface area contributed by atoms with Gasteiger partial charge < -0.3 is 25.8 Å². The van der Waals surface area contributed by atoms with Crippen LogP contribution in [0, 0.1) is 24.6 Å². The molecule has 0 spiro atoms. The highest BCUT2D eigenvalue weighted by molar-refractivity contribution is 5.95. The predicted octanol–water partition coefficient (Wildman–Crippen LogP) is 5.03. The van der Waals surface area contributed by atoms with Crippen LogP contribution in [0.4, 0.5) is 23.4 Å². The van der Waals surface area contributed by atoms with E-state index in [0.29, 0.717) is 22.5 Å². The van der Waals surface area contributed by atoms with Crippen molar-refractivity contribution in [1.29, 1.82) is 0 Å². The van der Waals surface area contributed by atoms with E-state index in [4.69, 9.17) is 0 Å². The monoisotopic (exact) mass is 659 g/mol. The summed E-state index contributed by atoms with van der Waals surface area (Å²) in [6, 6.07) is 7.11. The third-order valence-corrected chi connectivity index (χ3v) is 8.90. The van der Waals surface area contributed by atoms with E-state index in [1.54, 1.807) is 30.5 Å². The highest BCUT2D eigenvalue weighted by Crippen LogP contribution is 2.35. The Hall–Kier alpha value is -4.86. The quantitative estimate of drug-likeness (QED) is 0.285. The maximum absolute atomic E-state index is 14.2. The number of carbonyl (C=O) groups excluding carboxylic acids is 1. The molecule has 4 aliphatic rings. The first-order chi connectivity index (χ1) is 23.1. The first-order valence-electron chi connectivity index (χ1n) is 15.9. The molecule has 2 unspecified atom stereocenters. The van der Waals surface area contributed by atoms with Crippen LogP contribution < -0.4 is 16.0 Å². The van der Waals surface area contributed by atoms with Gasteiger partial charge in [-0.15, -0.1) is 0 Å². The number of halogens is 4. The number of anilines is 1. The fourth-order valence-electron chi connectivity index (χ4n) is 6.10. The number of aromatic nitrogens is 1. The summed E-state index contributed by atoms with van der Waals surface area (Å²) < 4.78 is 56.7. The van der Waals surface area contributed by atoms with E-state index < -0.39 is 29.5 Å². The maximum atomic E-state index is 14.2. The molecule has 0 saturated carbocycles. The maximum Gasteiger partial charge on any atom is 0.413 e. The van der Waals surface area contributed by atoms with Crippen molar-refractivity contribution >= 4 is 11.7 Å². The lowest BCUT2D eigenvalue weighted by Gasteiger charge is -2.35. The van der Waals surface area contributed by atoms with Gasteiger partial charge in [-0.3, -0.25) is 9.69 Å². The fraction of sp³-hybridized carbons (Fsp3) is 0.333. The van der Waals surface area contributed by atoms with Crippen molar-refractivity contribution in [2.24, 2.45) is 0 Å². The average Bonchev–Trinajstić information content (AvgIpc) is 3.50. The summed E-state index contributed by atoms with van der Waals surface area (Å²) in [7, 11) is 0. The van der Waals surface area contributed by atoms with E-state index in [2.05, 4.69) is 49.5 Å². The number of hydrogen-bond donors (Lipinski definition) is 3. The fourth-order valence-corrected chi connectivity index (χ4v) is 6.10. The number of benzene rings is 1. The SMILES string of the molecule is CCN1CCN(CC2=C(C(F)(F)F)CC(NC(=O)c3ccc(C)c(C#CC4=CNC5C(Nc6ncccc6F)=CC=CN45)c3)C=C2)CC1. The molecule has 1 amide bonds. The van der Waals surface area contributed by atoms with Crippen molar-refractivity contribution in [3.8, 4) is 11.8 Å². The number of nitrogens with one attached hydrogen (secondary N) is 3. The molecule has 48 heavy (non-hydrogen) atoms. The van der Waals surface area contributed by atoms with E-state index in [1.807, 2.05) is 30.2 Å². The Kier molecular flexibility index (Phi) is 9.71. The number of rotatable bonds is 7. The summed E-state index contributed by atoms with van der Waals surface area (Å²) >= 11 is 0. The van der Waals surface area contributed by atoms with Crippen molar-refractivity contribution < 1.29 is 22.4 Å². The van der Waals surface area contributed by atoms with Gasteiger partial charge in [-0.1, -0.05) is 31.1 Å². The van der Waals surface area contributed by atoms with E-state index >= 15 is 0 Å². The molecule has 6 rings (SSSR count). The van der Waals surface area contributed by atoms with Crippen LogP contribution in [0.1, 0.15) is 34.8 Å². The van der Waals surface area contributed by atoms with Gasteiger partial charge in [-0.25, -0.2) is 9.37 Å². The van der Waals surface area contributed by atoms with Gasteiger partial charge in [0.25, 0.3) is 5.91 Å². The molecule has 2 aromatic rings. The topological polar surface area (TPSA) is 75.8 Å².